The van der Waals surface area contributed by atoms with E-state index < -0.39 is 0 Å². The van der Waals surface area contributed by atoms with E-state index in [9.17, 15) is 4.79 Å². The lowest BCUT2D eigenvalue weighted by Gasteiger charge is -2.09. The van der Waals surface area contributed by atoms with Crippen LogP contribution in [0.1, 0.15) is 82.0 Å². The topological polar surface area (TPSA) is 44.8 Å². The predicted octanol–water partition coefficient (Wildman–Crippen LogP) is 8.88. The highest BCUT2D eigenvalue weighted by atomic mass is 16.5. The molecular formula is C32H40O4. The predicted molar refractivity (Wildman–Crippen MR) is 147 cm³/mol. The van der Waals surface area contributed by atoms with Gasteiger partial charge in [-0.15, -0.1) is 0 Å². The lowest BCUT2D eigenvalue weighted by molar-refractivity contribution is 0.0734. The van der Waals surface area contributed by atoms with Crippen LogP contribution in [0.5, 0.6) is 17.2 Å². The highest BCUT2D eigenvalue weighted by Crippen LogP contribution is 2.25. The number of esters is 1. The number of hydrogen-bond acceptors (Lipinski definition) is 4. The van der Waals surface area contributed by atoms with E-state index >= 15 is 0 Å². The zero-order valence-corrected chi connectivity index (χ0v) is 21.8. The summed E-state index contributed by atoms with van der Waals surface area (Å²) in [7, 11) is 0. The highest BCUT2D eigenvalue weighted by Gasteiger charge is 2.09. The fraction of sp³-hybridized carbons (Fsp3) is 0.406. The van der Waals surface area contributed by atoms with Crippen LogP contribution in [0.15, 0.2) is 72.8 Å². The van der Waals surface area contributed by atoms with Crippen LogP contribution in [0.25, 0.3) is 11.1 Å². The van der Waals surface area contributed by atoms with E-state index in [1.807, 2.05) is 60.7 Å². The second kappa shape index (κ2) is 15.7. The Labute approximate surface area is 216 Å². The fourth-order valence-electron chi connectivity index (χ4n) is 3.93. The summed E-state index contributed by atoms with van der Waals surface area (Å²) in [6.45, 7) is 5.87. The van der Waals surface area contributed by atoms with Crippen LogP contribution >= 0.6 is 0 Å². The Morgan fingerprint density at radius 1 is 0.528 bits per heavy atom. The van der Waals surface area contributed by atoms with Crippen molar-refractivity contribution >= 4 is 5.97 Å². The minimum atomic E-state index is -0.380. The summed E-state index contributed by atoms with van der Waals surface area (Å²) in [5.74, 6) is 1.80. The van der Waals surface area contributed by atoms with E-state index in [-0.39, 0.29) is 5.97 Å². The van der Waals surface area contributed by atoms with Gasteiger partial charge in [0.25, 0.3) is 0 Å². The van der Waals surface area contributed by atoms with E-state index in [0.717, 1.165) is 42.1 Å². The largest absolute Gasteiger partial charge is 0.494 e. The molecule has 36 heavy (non-hydrogen) atoms. The van der Waals surface area contributed by atoms with Gasteiger partial charge in [-0.2, -0.15) is 0 Å². The van der Waals surface area contributed by atoms with Gasteiger partial charge in [-0.05, 0) is 72.5 Å². The molecule has 192 valence electrons. The van der Waals surface area contributed by atoms with Crippen molar-refractivity contribution in [1.82, 2.24) is 0 Å². The molecule has 0 bridgehead atoms. The maximum absolute atomic E-state index is 12.6. The zero-order chi connectivity index (χ0) is 25.4. The van der Waals surface area contributed by atoms with Gasteiger partial charge < -0.3 is 14.2 Å². The Morgan fingerprint density at radius 2 is 0.944 bits per heavy atom. The molecule has 0 spiro atoms. The summed E-state index contributed by atoms with van der Waals surface area (Å²) in [5.41, 5.74) is 2.64. The molecule has 4 heteroatoms. The number of carbonyl (C=O) groups excluding carboxylic acids is 1. The molecule has 3 aromatic rings. The van der Waals surface area contributed by atoms with Crippen molar-refractivity contribution in [1.29, 1.82) is 0 Å². The van der Waals surface area contributed by atoms with E-state index in [4.69, 9.17) is 14.2 Å². The molecule has 0 atom stereocenters. The quantitative estimate of drug-likeness (QED) is 0.115. The summed E-state index contributed by atoms with van der Waals surface area (Å²) < 4.78 is 17.1. The van der Waals surface area contributed by atoms with Crippen LogP contribution in [0.2, 0.25) is 0 Å². The van der Waals surface area contributed by atoms with Gasteiger partial charge in [0, 0.05) is 0 Å². The van der Waals surface area contributed by atoms with Gasteiger partial charge in [0.05, 0.1) is 18.8 Å². The first kappa shape index (κ1) is 27.3. The van der Waals surface area contributed by atoms with Crippen LogP contribution in [0, 0.1) is 0 Å². The first-order chi connectivity index (χ1) is 17.7. The van der Waals surface area contributed by atoms with Gasteiger partial charge in [-0.25, -0.2) is 4.79 Å². The lowest BCUT2D eigenvalue weighted by Crippen LogP contribution is -2.08. The lowest BCUT2D eigenvalue weighted by atomic mass is 10.1. The first-order valence-electron chi connectivity index (χ1n) is 13.5. The molecule has 0 N–H and O–H groups in total. The van der Waals surface area contributed by atoms with Crippen LogP contribution in [0.3, 0.4) is 0 Å². The molecule has 0 saturated heterocycles. The molecular weight excluding hydrogens is 448 g/mol. The molecule has 3 rings (SSSR count). The number of benzene rings is 3. The Bertz CT molecular complexity index is 1010. The van der Waals surface area contributed by atoms with Crippen LogP contribution in [-0.2, 0) is 0 Å². The molecule has 0 aliphatic carbocycles. The van der Waals surface area contributed by atoms with Crippen LogP contribution in [0.4, 0.5) is 0 Å². The summed E-state index contributed by atoms with van der Waals surface area (Å²) in [4.78, 5) is 12.6. The van der Waals surface area contributed by atoms with Gasteiger partial charge >= 0.3 is 5.97 Å². The average molecular weight is 489 g/mol. The third-order valence-electron chi connectivity index (χ3n) is 6.13. The van der Waals surface area contributed by atoms with Gasteiger partial charge in [0.2, 0.25) is 0 Å². The summed E-state index contributed by atoms with van der Waals surface area (Å²) in [5, 5.41) is 0. The molecule has 0 aliphatic rings. The summed E-state index contributed by atoms with van der Waals surface area (Å²) >= 11 is 0. The number of carbonyl (C=O) groups is 1. The van der Waals surface area contributed by atoms with Crippen molar-refractivity contribution in [2.24, 2.45) is 0 Å². The van der Waals surface area contributed by atoms with Crippen molar-refractivity contribution in [2.75, 3.05) is 13.2 Å². The SMILES string of the molecule is CCCCCCCCOc1ccc(C(=O)Oc2ccc(-c3ccc(OCCCCC)cc3)cc2)cc1. The minimum Gasteiger partial charge on any atom is -0.494 e. The maximum atomic E-state index is 12.6. The summed E-state index contributed by atoms with van der Waals surface area (Å²) in [6.07, 6.45) is 10.9. The van der Waals surface area contributed by atoms with Crippen molar-refractivity contribution < 1.29 is 19.0 Å². The fourth-order valence-corrected chi connectivity index (χ4v) is 3.93. The zero-order valence-electron chi connectivity index (χ0n) is 21.8. The molecule has 0 aliphatic heterocycles. The van der Waals surface area contributed by atoms with Crippen molar-refractivity contribution in [3.05, 3.63) is 78.4 Å². The van der Waals surface area contributed by atoms with Crippen molar-refractivity contribution in [3.8, 4) is 28.4 Å². The Kier molecular flexibility index (Phi) is 11.9. The van der Waals surface area contributed by atoms with E-state index in [0.29, 0.717) is 17.9 Å². The molecule has 0 unspecified atom stereocenters. The number of rotatable bonds is 16. The molecule has 3 aromatic carbocycles. The molecule has 0 amide bonds. The smallest absolute Gasteiger partial charge is 0.343 e. The molecule has 0 fully saturated rings. The third-order valence-corrected chi connectivity index (χ3v) is 6.13. The maximum Gasteiger partial charge on any atom is 0.343 e. The van der Waals surface area contributed by atoms with E-state index in [1.165, 1.54) is 44.9 Å². The number of ether oxygens (including phenoxy) is 3. The van der Waals surface area contributed by atoms with Crippen LogP contribution < -0.4 is 14.2 Å². The van der Waals surface area contributed by atoms with Crippen LogP contribution in [-0.4, -0.2) is 19.2 Å². The Balaban J connectivity index is 1.44. The molecule has 0 aromatic heterocycles. The second-order valence-electron chi connectivity index (χ2n) is 9.13. The van der Waals surface area contributed by atoms with Gasteiger partial charge in [-0.3, -0.25) is 0 Å². The van der Waals surface area contributed by atoms with Crippen molar-refractivity contribution in [3.63, 3.8) is 0 Å². The normalized spacial score (nSPS) is 10.7. The third kappa shape index (κ3) is 9.41. The van der Waals surface area contributed by atoms with Gasteiger partial charge in [-0.1, -0.05) is 83.1 Å². The van der Waals surface area contributed by atoms with Crippen molar-refractivity contribution in [2.45, 2.75) is 71.6 Å². The molecule has 0 heterocycles. The van der Waals surface area contributed by atoms with E-state index in [2.05, 4.69) is 13.8 Å². The second-order valence-corrected chi connectivity index (χ2v) is 9.13. The number of unbranched alkanes of at least 4 members (excludes halogenated alkanes) is 7. The molecule has 0 radical (unpaired) electrons. The Hall–Kier alpha value is -3.27. The van der Waals surface area contributed by atoms with E-state index in [1.54, 1.807) is 12.1 Å². The Morgan fingerprint density at radius 3 is 1.50 bits per heavy atom. The minimum absolute atomic E-state index is 0.380. The average Bonchev–Trinajstić information content (AvgIpc) is 2.92. The van der Waals surface area contributed by atoms with Gasteiger partial charge in [0.1, 0.15) is 17.2 Å². The summed E-state index contributed by atoms with van der Waals surface area (Å²) in [6, 6.07) is 22.8. The monoisotopic (exact) mass is 488 g/mol. The first-order valence-corrected chi connectivity index (χ1v) is 13.5. The highest BCUT2D eigenvalue weighted by molar-refractivity contribution is 5.91. The molecule has 4 nitrogen and oxygen atoms in total. The number of hydrogen-bond donors (Lipinski definition) is 0. The van der Waals surface area contributed by atoms with Gasteiger partial charge in [0.15, 0.2) is 0 Å². The standard InChI is InChI=1S/C32H40O4/c1-3-5-7-8-9-11-25-35-30-20-16-28(17-21-30)32(33)36-31-22-14-27(15-23-31)26-12-18-29(19-13-26)34-24-10-6-4-2/h12-23H,3-11,24-25H2,1-2H3. The molecule has 0 saturated carbocycles.